The van der Waals surface area contributed by atoms with Crippen LogP contribution in [0.3, 0.4) is 0 Å². The molecule has 0 aliphatic heterocycles. The predicted octanol–water partition coefficient (Wildman–Crippen LogP) is 16.7. The average molecular weight is 840 g/mol. The number of hydrogen-bond donors (Lipinski definition) is 0. The lowest BCUT2D eigenvalue weighted by Gasteiger charge is -2.16. The molecular formula is C63H41N3. The zero-order valence-electron chi connectivity index (χ0n) is 36.0. The van der Waals surface area contributed by atoms with Crippen molar-refractivity contribution in [3.05, 3.63) is 249 Å². The number of rotatable bonds is 8. The van der Waals surface area contributed by atoms with Crippen LogP contribution in [0, 0.1) is 0 Å². The molecule has 0 N–H and O–H groups in total. The first-order valence-corrected chi connectivity index (χ1v) is 22.4. The first kappa shape index (κ1) is 38.9. The highest BCUT2D eigenvalue weighted by molar-refractivity contribution is 6.14. The SMILES string of the molecule is c1ccc(-c2ccc(-c3cc(-c4ccc(-c5ccccc5)cc4)nc(-c4ccc(-c5cccc(-c6cc(-c7ccccc7)nc7ccc8ccccc8c67)c5)c5ccccc45)n3)cc2)cc1. The number of pyridine rings is 1. The minimum atomic E-state index is 0.682. The van der Waals surface area contributed by atoms with Crippen LogP contribution in [0.2, 0.25) is 0 Å². The fraction of sp³-hybridized carbons (Fsp3) is 0. The number of benzene rings is 10. The van der Waals surface area contributed by atoms with Gasteiger partial charge in [0, 0.05) is 27.6 Å². The molecule has 3 heteroatoms. The molecule has 0 bridgehead atoms. The van der Waals surface area contributed by atoms with Crippen molar-refractivity contribution in [2.24, 2.45) is 0 Å². The Bertz CT molecular complexity index is 3610. The van der Waals surface area contributed by atoms with Crippen molar-refractivity contribution in [1.29, 1.82) is 0 Å². The molecule has 3 nitrogen and oxygen atoms in total. The van der Waals surface area contributed by atoms with Gasteiger partial charge in [-0.3, -0.25) is 0 Å². The second-order valence-corrected chi connectivity index (χ2v) is 16.7. The van der Waals surface area contributed by atoms with E-state index in [1.54, 1.807) is 0 Å². The summed E-state index contributed by atoms with van der Waals surface area (Å²) in [4.78, 5) is 15.9. The number of nitrogens with zero attached hydrogens (tertiary/aromatic N) is 3. The van der Waals surface area contributed by atoms with Crippen molar-refractivity contribution in [3.8, 4) is 89.7 Å². The number of aromatic nitrogens is 3. The minimum absolute atomic E-state index is 0.682. The lowest BCUT2D eigenvalue weighted by Crippen LogP contribution is -1.97. The molecule has 0 atom stereocenters. The molecule has 308 valence electrons. The highest BCUT2D eigenvalue weighted by atomic mass is 14.9. The van der Waals surface area contributed by atoms with Crippen molar-refractivity contribution in [3.63, 3.8) is 0 Å². The van der Waals surface area contributed by atoms with Gasteiger partial charge in [-0.1, -0.05) is 218 Å². The topological polar surface area (TPSA) is 38.7 Å². The Morgan fingerprint density at radius 1 is 0.227 bits per heavy atom. The van der Waals surface area contributed by atoms with Crippen LogP contribution in [0.5, 0.6) is 0 Å². The highest BCUT2D eigenvalue weighted by Crippen LogP contribution is 2.41. The van der Waals surface area contributed by atoms with Gasteiger partial charge in [0.25, 0.3) is 0 Å². The Morgan fingerprint density at radius 3 is 1.26 bits per heavy atom. The van der Waals surface area contributed by atoms with Gasteiger partial charge < -0.3 is 0 Å². The maximum atomic E-state index is 5.34. The molecule has 0 spiro atoms. The Kier molecular flexibility index (Phi) is 9.85. The summed E-state index contributed by atoms with van der Waals surface area (Å²) in [6.45, 7) is 0. The fourth-order valence-electron chi connectivity index (χ4n) is 9.38. The van der Waals surface area contributed by atoms with Crippen molar-refractivity contribution >= 4 is 32.4 Å². The van der Waals surface area contributed by atoms with Gasteiger partial charge >= 0.3 is 0 Å². The molecule has 0 amide bonds. The van der Waals surface area contributed by atoms with Gasteiger partial charge in [0.15, 0.2) is 5.82 Å². The van der Waals surface area contributed by atoms with Crippen LogP contribution in [-0.4, -0.2) is 15.0 Å². The molecule has 0 fully saturated rings. The smallest absolute Gasteiger partial charge is 0.161 e. The van der Waals surface area contributed by atoms with Crippen LogP contribution in [0.1, 0.15) is 0 Å². The standard InChI is InChI=1S/C63H41N3/c1-4-15-42(16-5-1)44-27-31-48(32-28-44)60-41-61(49-33-29-45(30-34-49)43-17-6-2-7-18-43)66-63(65-60)56-37-36-52(54-25-12-13-26-55(54)56)50-22-14-23-51(39-50)57-40-59(47-20-8-3-9-21-47)64-58-38-35-46-19-10-11-24-53(46)62(57)58/h1-41H. The molecule has 0 saturated carbocycles. The van der Waals surface area contributed by atoms with E-state index in [4.69, 9.17) is 15.0 Å². The summed E-state index contributed by atoms with van der Waals surface area (Å²) in [6.07, 6.45) is 0. The molecule has 0 radical (unpaired) electrons. The van der Waals surface area contributed by atoms with Crippen molar-refractivity contribution in [2.45, 2.75) is 0 Å². The summed E-state index contributed by atoms with van der Waals surface area (Å²) in [6, 6.07) is 88.2. The van der Waals surface area contributed by atoms with E-state index in [1.165, 1.54) is 21.9 Å². The van der Waals surface area contributed by atoms with E-state index >= 15 is 0 Å². The van der Waals surface area contributed by atoms with Gasteiger partial charge in [-0.25, -0.2) is 15.0 Å². The van der Waals surface area contributed by atoms with Gasteiger partial charge in [0.1, 0.15) is 0 Å². The van der Waals surface area contributed by atoms with Crippen LogP contribution >= 0.6 is 0 Å². The molecule has 2 heterocycles. The number of fused-ring (bicyclic) bond motifs is 4. The van der Waals surface area contributed by atoms with Gasteiger partial charge in [-0.05, 0) is 96.4 Å². The van der Waals surface area contributed by atoms with E-state index in [1.807, 2.05) is 0 Å². The van der Waals surface area contributed by atoms with E-state index in [0.29, 0.717) is 5.82 Å². The Balaban J connectivity index is 0.991. The summed E-state index contributed by atoms with van der Waals surface area (Å²) in [5.74, 6) is 0.682. The van der Waals surface area contributed by atoms with Crippen LogP contribution in [-0.2, 0) is 0 Å². The van der Waals surface area contributed by atoms with Crippen LogP contribution in [0.25, 0.3) is 122 Å². The second-order valence-electron chi connectivity index (χ2n) is 16.7. The monoisotopic (exact) mass is 839 g/mol. The Hall–Kier alpha value is -8.79. The maximum Gasteiger partial charge on any atom is 0.161 e. The van der Waals surface area contributed by atoms with Crippen LogP contribution in [0.4, 0.5) is 0 Å². The van der Waals surface area contributed by atoms with Crippen LogP contribution < -0.4 is 0 Å². The van der Waals surface area contributed by atoms with Crippen molar-refractivity contribution in [1.82, 2.24) is 15.0 Å². The summed E-state index contributed by atoms with van der Waals surface area (Å²) in [5.41, 5.74) is 17.1. The Labute approximate surface area is 384 Å². The largest absolute Gasteiger partial charge is 0.248 e. The average Bonchev–Trinajstić information content (AvgIpc) is 3.41. The highest BCUT2D eigenvalue weighted by Gasteiger charge is 2.18. The van der Waals surface area contributed by atoms with E-state index in [9.17, 15) is 0 Å². The van der Waals surface area contributed by atoms with Crippen molar-refractivity contribution < 1.29 is 0 Å². The zero-order chi connectivity index (χ0) is 43.8. The first-order valence-electron chi connectivity index (χ1n) is 22.4. The quantitative estimate of drug-likeness (QED) is 0.143. The summed E-state index contributed by atoms with van der Waals surface area (Å²) < 4.78 is 0. The molecule has 0 aliphatic rings. The third kappa shape index (κ3) is 7.29. The summed E-state index contributed by atoms with van der Waals surface area (Å²) in [5, 5.41) is 5.77. The van der Waals surface area contributed by atoms with Crippen molar-refractivity contribution in [2.75, 3.05) is 0 Å². The van der Waals surface area contributed by atoms with E-state index in [-0.39, 0.29) is 0 Å². The lowest BCUT2D eigenvalue weighted by molar-refractivity contribution is 1.19. The zero-order valence-corrected chi connectivity index (χ0v) is 36.0. The molecular weight excluding hydrogens is 799 g/mol. The molecule has 12 aromatic rings. The van der Waals surface area contributed by atoms with E-state index < -0.39 is 0 Å². The van der Waals surface area contributed by atoms with Gasteiger partial charge in [-0.15, -0.1) is 0 Å². The summed E-state index contributed by atoms with van der Waals surface area (Å²) in [7, 11) is 0. The van der Waals surface area contributed by atoms with Crippen LogP contribution in [0.15, 0.2) is 249 Å². The first-order chi connectivity index (χ1) is 32.7. The molecule has 2 aromatic heterocycles. The van der Waals surface area contributed by atoms with Gasteiger partial charge in [0.2, 0.25) is 0 Å². The van der Waals surface area contributed by atoms with E-state index in [0.717, 1.165) is 94.4 Å². The minimum Gasteiger partial charge on any atom is -0.248 e. The Morgan fingerprint density at radius 2 is 0.652 bits per heavy atom. The summed E-state index contributed by atoms with van der Waals surface area (Å²) >= 11 is 0. The van der Waals surface area contributed by atoms with E-state index in [2.05, 4.69) is 249 Å². The number of hydrogen-bond acceptors (Lipinski definition) is 3. The molecule has 0 unspecified atom stereocenters. The normalized spacial score (nSPS) is 11.3. The lowest BCUT2D eigenvalue weighted by atomic mass is 9.90. The second kappa shape index (κ2) is 16.7. The third-order valence-corrected chi connectivity index (χ3v) is 12.7. The molecule has 66 heavy (non-hydrogen) atoms. The predicted molar refractivity (Wildman–Crippen MR) is 276 cm³/mol. The molecule has 10 aromatic carbocycles. The van der Waals surface area contributed by atoms with Gasteiger partial charge in [0.05, 0.1) is 22.6 Å². The fourth-order valence-corrected chi connectivity index (χ4v) is 9.38. The molecule has 0 aliphatic carbocycles. The molecule has 0 saturated heterocycles. The third-order valence-electron chi connectivity index (χ3n) is 12.7. The van der Waals surface area contributed by atoms with Gasteiger partial charge in [-0.2, -0.15) is 0 Å². The maximum absolute atomic E-state index is 5.34. The molecule has 12 rings (SSSR count).